The first-order valence-electron chi connectivity index (χ1n) is 18.5. The van der Waals surface area contributed by atoms with Crippen molar-refractivity contribution in [2.75, 3.05) is 27.7 Å². The molecule has 4 amide bonds. The zero-order valence-corrected chi connectivity index (χ0v) is 33.5. The number of methoxy groups -OCH3 is 1. The van der Waals surface area contributed by atoms with Crippen molar-refractivity contribution in [1.29, 1.82) is 0 Å². The first-order chi connectivity index (χ1) is 24.5. The molecule has 1 aromatic heterocycles. The zero-order chi connectivity index (χ0) is 38.7. The van der Waals surface area contributed by atoms with Gasteiger partial charge in [-0.3, -0.25) is 28.9 Å². The molecule has 1 saturated heterocycles. The smallest absolute Gasteiger partial charge is 0.308 e. The Labute approximate surface area is 313 Å². The summed E-state index contributed by atoms with van der Waals surface area (Å²) in [5.74, 6) is -1.86. The molecule has 1 unspecified atom stereocenters. The summed E-state index contributed by atoms with van der Waals surface area (Å²) < 4.78 is 4.93. The van der Waals surface area contributed by atoms with Crippen molar-refractivity contribution in [1.82, 2.24) is 30.7 Å². The molecule has 1 aliphatic heterocycles. The molecule has 0 radical (unpaired) electrons. The normalized spacial score (nSPS) is 19.5. The number of benzene rings is 1. The third kappa shape index (κ3) is 11.1. The predicted octanol–water partition coefficient (Wildman–Crippen LogP) is 4.75. The highest BCUT2D eigenvalue weighted by atomic mass is 32.1. The molecular weight excluding hydrogens is 681 g/mol. The van der Waals surface area contributed by atoms with E-state index in [4.69, 9.17) is 4.74 Å². The number of aromatic nitrogens is 1. The van der Waals surface area contributed by atoms with Gasteiger partial charge in [-0.2, -0.15) is 0 Å². The highest BCUT2D eigenvalue weighted by Crippen LogP contribution is 2.30. The van der Waals surface area contributed by atoms with Crippen LogP contribution in [-0.2, 0) is 30.3 Å². The topological polar surface area (TPSA) is 150 Å². The van der Waals surface area contributed by atoms with E-state index in [0.717, 1.165) is 24.9 Å². The zero-order valence-electron chi connectivity index (χ0n) is 32.7. The first kappa shape index (κ1) is 42.6. The van der Waals surface area contributed by atoms with E-state index in [1.54, 1.807) is 24.3 Å². The molecule has 1 fully saturated rings. The third-order valence-corrected chi connectivity index (χ3v) is 11.6. The molecule has 0 saturated carbocycles. The van der Waals surface area contributed by atoms with Gasteiger partial charge in [0.2, 0.25) is 17.7 Å². The van der Waals surface area contributed by atoms with Crippen LogP contribution in [-0.4, -0.2) is 95.8 Å². The minimum absolute atomic E-state index is 0.00440. The van der Waals surface area contributed by atoms with Gasteiger partial charge in [-0.1, -0.05) is 71.4 Å². The molecule has 0 bridgehead atoms. The van der Waals surface area contributed by atoms with Crippen LogP contribution in [0.5, 0.6) is 0 Å². The molecule has 1 aromatic carbocycles. The molecule has 3 N–H and O–H groups in total. The van der Waals surface area contributed by atoms with E-state index in [9.17, 15) is 24.0 Å². The number of ether oxygens (including phenoxy) is 1. The van der Waals surface area contributed by atoms with Gasteiger partial charge in [0.25, 0.3) is 5.91 Å². The predicted molar refractivity (Wildman–Crippen MR) is 204 cm³/mol. The van der Waals surface area contributed by atoms with E-state index in [0.29, 0.717) is 30.7 Å². The number of likely N-dealkylation sites (N-methyl/N-ethyl adjacent to an activating group) is 2. The van der Waals surface area contributed by atoms with Crippen molar-refractivity contribution >= 4 is 40.9 Å². The standard InChI is InChI=1S/C39H60N6O6S/c1-11-25(4)33(43-38(50)39(7)18-15-19-44(39)8)36(48)45(9)32(24(2)3)22-30(40-27(6)46)35-42-31(23-52-35)34(47)41-29(20-26(5)37(49)51-10)21-28-16-13-12-14-17-28/h12-14,16-17,23-26,29-30,32-33H,11,15,18-22H2,1-10H3,(H,40,46)(H,41,47)(H,43,50)/t25?,26-,29+,30+,32+,33-,39+/m0/s1. The fourth-order valence-corrected chi connectivity index (χ4v) is 7.82. The van der Waals surface area contributed by atoms with E-state index < -0.39 is 23.5 Å². The summed E-state index contributed by atoms with van der Waals surface area (Å²) in [7, 11) is 5.05. The third-order valence-electron chi connectivity index (χ3n) is 10.7. The molecule has 0 spiro atoms. The van der Waals surface area contributed by atoms with Gasteiger partial charge < -0.3 is 25.6 Å². The van der Waals surface area contributed by atoms with Crippen molar-refractivity contribution in [3.8, 4) is 0 Å². The van der Waals surface area contributed by atoms with Crippen LogP contribution in [0, 0.1) is 17.8 Å². The number of carbonyl (C=O) groups excluding carboxylic acids is 5. The lowest BCUT2D eigenvalue weighted by Crippen LogP contribution is -2.60. The van der Waals surface area contributed by atoms with Gasteiger partial charge in [-0.15, -0.1) is 11.3 Å². The Morgan fingerprint density at radius 2 is 1.71 bits per heavy atom. The minimum Gasteiger partial charge on any atom is -0.469 e. The maximum atomic E-state index is 14.2. The van der Waals surface area contributed by atoms with Crippen molar-refractivity contribution in [2.45, 2.75) is 117 Å². The van der Waals surface area contributed by atoms with Crippen molar-refractivity contribution < 1.29 is 28.7 Å². The van der Waals surface area contributed by atoms with Crippen LogP contribution in [0.4, 0.5) is 0 Å². The SMILES string of the molecule is CCC(C)[C@H](NC(=O)[C@@]1(C)CCCN1C)C(=O)N(C)[C@H](C[C@@H](NC(C)=O)c1nc(C(=O)N[C@@H](Cc2ccccc2)C[C@H](C)C(=O)OC)cs1)C(C)C. The van der Waals surface area contributed by atoms with Crippen LogP contribution in [0.3, 0.4) is 0 Å². The first-order valence-corrected chi connectivity index (χ1v) is 19.3. The summed E-state index contributed by atoms with van der Waals surface area (Å²) in [5.41, 5.74) is 0.548. The number of carbonyl (C=O) groups is 5. The molecule has 2 heterocycles. The lowest BCUT2D eigenvalue weighted by Gasteiger charge is -2.38. The Bertz CT molecular complexity index is 1520. The molecular formula is C39H60N6O6S. The minimum atomic E-state index is -0.713. The van der Waals surface area contributed by atoms with Gasteiger partial charge in [-0.05, 0) is 70.0 Å². The molecule has 0 aliphatic carbocycles. The summed E-state index contributed by atoms with van der Waals surface area (Å²) in [4.78, 5) is 74.6. The van der Waals surface area contributed by atoms with E-state index in [1.165, 1.54) is 25.4 Å². The Morgan fingerprint density at radius 3 is 2.27 bits per heavy atom. The molecule has 3 rings (SSSR count). The van der Waals surface area contributed by atoms with Gasteiger partial charge in [0.15, 0.2) is 0 Å². The average molecular weight is 741 g/mol. The van der Waals surface area contributed by atoms with Crippen molar-refractivity contribution in [2.24, 2.45) is 17.8 Å². The highest BCUT2D eigenvalue weighted by molar-refractivity contribution is 7.09. The second-order valence-electron chi connectivity index (χ2n) is 15.0. The second kappa shape index (κ2) is 19.3. The summed E-state index contributed by atoms with van der Waals surface area (Å²) in [6.07, 6.45) is 3.60. The number of rotatable bonds is 18. The van der Waals surface area contributed by atoms with Crippen molar-refractivity contribution in [3.63, 3.8) is 0 Å². The number of esters is 1. The summed E-state index contributed by atoms with van der Waals surface area (Å²) >= 11 is 1.27. The monoisotopic (exact) mass is 740 g/mol. The largest absolute Gasteiger partial charge is 0.469 e. The van der Waals surface area contributed by atoms with E-state index in [2.05, 4.69) is 20.9 Å². The molecule has 13 heteroatoms. The van der Waals surface area contributed by atoms with E-state index in [-0.39, 0.29) is 59.2 Å². The number of hydrogen-bond acceptors (Lipinski definition) is 9. The van der Waals surface area contributed by atoms with Crippen LogP contribution >= 0.6 is 11.3 Å². The van der Waals surface area contributed by atoms with Crippen molar-refractivity contribution in [3.05, 3.63) is 52.0 Å². The Hall–Kier alpha value is -3.84. The average Bonchev–Trinajstić information content (AvgIpc) is 3.74. The summed E-state index contributed by atoms with van der Waals surface area (Å²) in [6, 6.07) is 7.75. The lowest BCUT2D eigenvalue weighted by atomic mass is 9.91. The molecule has 12 nitrogen and oxygen atoms in total. The molecule has 1 aliphatic rings. The molecule has 2 aromatic rings. The Kier molecular flexibility index (Phi) is 15.8. The van der Waals surface area contributed by atoms with Gasteiger partial charge in [0.05, 0.1) is 24.6 Å². The number of nitrogens with one attached hydrogen (secondary N) is 3. The Morgan fingerprint density at radius 1 is 1.04 bits per heavy atom. The van der Waals surface area contributed by atoms with Crippen LogP contribution in [0.25, 0.3) is 0 Å². The quantitative estimate of drug-likeness (QED) is 0.186. The van der Waals surface area contributed by atoms with Gasteiger partial charge >= 0.3 is 5.97 Å². The Balaban J connectivity index is 1.83. The maximum absolute atomic E-state index is 14.2. The van der Waals surface area contributed by atoms with Gasteiger partial charge in [0, 0.05) is 31.4 Å². The number of thiazole rings is 1. The van der Waals surface area contributed by atoms with Gasteiger partial charge in [0.1, 0.15) is 16.7 Å². The molecule has 52 heavy (non-hydrogen) atoms. The van der Waals surface area contributed by atoms with E-state index >= 15 is 0 Å². The number of likely N-dealkylation sites (tertiary alicyclic amines) is 1. The van der Waals surface area contributed by atoms with Crippen LogP contribution < -0.4 is 16.0 Å². The van der Waals surface area contributed by atoms with E-state index in [1.807, 2.05) is 76.9 Å². The summed E-state index contributed by atoms with van der Waals surface area (Å²) in [6.45, 7) is 14.0. The maximum Gasteiger partial charge on any atom is 0.308 e. The van der Waals surface area contributed by atoms with Gasteiger partial charge in [-0.25, -0.2) is 4.98 Å². The molecule has 7 atom stereocenters. The number of nitrogens with zero attached hydrogens (tertiary/aromatic N) is 3. The number of hydrogen-bond donors (Lipinski definition) is 3. The van der Waals surface area contributed by atoms with Crippen LogP contribution in [0.1, 0.15) is 108 Å². The fraction of sp³-hybridized carbons (Fsp3) is 0.641. The fourth-order valence-electron chi connectivity index (χ4n) is 6.96. The number of amides is 4. The second-order valence-corrected chi connectivity index (χ2v) is 15.9. The van der Waals surface area contributed by atoms with Crippen LogP contribution in [0.2, 0.25) is 0 Å². The lowest BCUT2D eigenvalue weighted by molar-refractivity contribution is -0.145. The molecule has 288 valence electrons. The highest BCUT2D eigenvalue weighted by Gasteiger charge is 2.44. The van der Waals surface area contributed by atoms with Crippen LogP contribution in [0.15, 0.2) is 35.7 Å². The summed E-state index contributed by atoms with van der Waals surface area (Å²) in [5, 5.41) is 11.4.